The number of rotatable bonds is 2. The lowest BCUT2D eigenvalue weighted by molar-refractivity contribution is 0.214. The summed E-state index contributed by atoms with van der Waals surface area (Å²) in [5.41, 5.74) is 1.46. The van der Waals surface area contributed by atoms with Crippen LogP contribution in [0.3, 0.4) is 0 Å². The maximum atomic E-state index is 5.93. The van der Waals surface area contributed by atoms with Crippen molar-refractivity contribution >= 4 is 0 Å². The fourth-order valence-corrected chi connectivity index (χ4v) is 2.07. The molecule has 1 aliphatic rings. The zero-order chi connectivity index (χ0) is 10.9. The number of ether oxygens (including phenoxy) is 1. The molecule has 1 aliphatic heterocycles. The minimum atomic E-state index is 0.217. The van der Waals surface area contributed by atoms with Crippen molar-refractivity contribution in [2.24, 2.45) is 0 Å². The first-order valence-corrected chi connectivity index (χ1v) is 5.53. The highest BCUT2D eigenvalue weighted by Gasteiger charge is 2.31. The smallest absolute Gasteiger partial charge is 0.120 e. The van der Waals surface area contributed by atoms with Gasteiger partial charge in [-0.25, -0.2) is 0 Å². The molecule has 1 aromatic rings. The zero-order valence-corrected chi connectivity index (χ0v) is 9.71. The molecule has 2 nitrogen and oxygen atoms in total. The summed E-state index contributed by atoms with van der Waals surface area (Å²) in [6.45, 7) is 7.46. The predicted molar refractivity (Wildman–Crippen MR) is 62.3 cm³/mol. The third kappa shape index (κ3) is 2.72. The molecule has 15 heavy (non-hydrogen) atoms. The Morgan fingerprint density at radius 3 is 2.80 bits per heavy atom. The Bertz CT molecular complexity index is 346. The van der Waals surface area contributed by atoms with E-state index in [0.717, 1.165) is 18.7 Å². The van der Waals surface area contributed by atoms with Crippen LogP contribution in [0.1, 0.15) is 25.8 Å². The van der Waals surface area contributed by atoms with Gasteiger partial charge in [-0.2, -0.15) is 0 Å². The molecule has 0 amide bonds. The van der Waals surface area contributed by atoms with E-state index in [-0.39, 0.29) is 5.54 Å². The van der Waals surface area contributed by atoms with Crippen LogP contribution in [0.15, 0.2) is 24.3 Å². The van der Waals surface area contributed by atoms with Crippen LogP contribution < -0.4 is 10.1 Å². The van der Waals surface area contributed by atoms with Crippen LogP contribution in [0.4, 0.5) is 0 Å². The normalized spacial score (nSPS) is 24.1. The Kier molecular flexibility index (Phi) is 2.70. The van der Waals surface area contributed by atoms with Gasteiger partial charge < -0.3 is 10.1 Å². The van der Waals surface area contributed by atoms with E-state index >= 15 is 0 Å². The van der Waals surface area contributed by atoms with Gasteiger partial charge in [0.25, 0.3) is 0 Å². The number of hydrogen-bond donors (Lipinski definition) is 1. The lowest BCUT2D eigenvalue weighted by Gasteiger charge is -2.17. The Hall–Kier alpha value is -1.02. The van der Waals surface area contributed by atoms with Gasteiger partial charge in [-0.1, -0.05) is 12.1 Å². The van der Waals surface area contributed by atoms with Crippen LogP contribution in [0, 0.1) is 6.92 Å². The molecule has 1 N–H and O–H groups in total. The van der Waals surface area contributed by atoms with Crippen molar-refractivity contribution in [3.8, 4) is 5.75 Å². The van der Waals surface area contributed by atoms with E-state index in [2.05, 4.69) is 38.2 Å². The summed E-state index contributed by atoms with van der Waals surface area (Å²) in [6.07, 6.45) is 1.38. The SMILES string of the molecule is Cc1cccc(OC2CNC(C)(C)C2)c1. The minimum Gasteiger partial charge on any atom is -0.489 e. The highest BCUT2D eigenvalue weighted by molar-refractivity contribution is 5.27. The van der Waals surface area contributed by atoms with E-state index in [4.69, 9.17) is 4.74 Å². The largest absolute Gasteiger partial charge is 0.489 e. The Morgan fingerprint density at radius 1 is 1.40 bits per heavy atom. The molecule has 1 unspecified atom stereocenters. The minimum absolute atomic E-state index is 0.217. The highest BCUT2D eigenvalue weighted by atomic mass is 16.5. The van der Waals surface area contributed by atoms with Gasteiger partial charge in [0.2, 0.25) is 0 Å². The molecule has 1 heterocycles. The Balaban J connectivity index is 1.99. The molecular weight excluding hydrogens is 186 g/mol. The molecule has 0 aliphatic carbocycles. The summed E-state index contributed by atoms with van der Waals surface area (Å²) >= 11 is 0. The van der Waals surface area contributed by atoms with Gasteiger partial charge in [0.05, 0.1) is 0 Å². The van der Waals surface area contributed by atoms with Crippen molar-refractivity contribution in [3.63, 3.8) is 0 Å². The van der Waals surface area contributed by atoms with Gasteiger partial charge in [0, 0.05) is 18.5 Å². The van der Waals surface area contributed by atoms with Gasteiger partial charge >= 0.3 is 0 Å². The van der Waals surface area contributed by atoms with Crippen LogP contribution >= 0.6 is 0 Å². The van der Waals surface area contributed by atoms with Crippen LogP contribution in [-0.4, -0.2) is 18.2 Å². The van der Waals surface area contributed by atoms with E-state index in [1.807, 2.05) is 12.1 Å². The zero-order valence-electron chi connectivity index (χ0n) is 9.71. The van der Waals surface area contributed by atoms with E-state index in [0.29, 0.717) is 6.10 Å². The van der Waals surface area contributed by atoms with Crippen LogP contribution in [0.25, 0.3) is 0 Å². The molecule has 82 valence electrons. The van der Waals surface area contributed by atoms with Gasteiger partial charge in [0.15, 0.2) is 0 Å². The monoisotopic (exact) mass is 205 g/mol. The summed E-state index contributed by atoms with van der Waals surface area (Å²) in [4.78, 5) is 0. The van der Waals surface area contributed by atoms with Gasteiger partial charge in [0.1, 0.15) is 11.9 Å². The molecular formula is C13H19NO. The van der Waals surface area contributed by atoms with Gasteiger partial charge in [-0.3, -0.25) is 0 Å². The summed E-state index contributed by atoms with van der Waals surface area (Å²) in [5, 5.41) is 3.46. The summed E-state index contributed by atoms with van der Waals surface area (Å²) in [7, 11) is 0. The molecule has 0 aromatic heterocycles. The van der Waals surface area contributed by atoms with Gasteiger partial charge in [-0.15, -0.1) is 0 Å². The third-order valence-corrected chi connectivity index (χ3v) is 2.84. The molecule has 0 bridgehead atoms. The summed E-state index contributed by atoms with van der Waals surface area (Å²) < 4.78 is 5.93. The molecule has 0 spiro atoms. The van der Waals surface area contributed by atoms with Crippen LogP contribution in [0.2, 0.25) is 0 Å². The number of aryl methyl sites for hydroxylation is 1. The summed E-state index contributed by atoms with van der Waals surface area (Å²) in [5.74, 6) is 0.986. The standard InChI is InChI=1S/C13H19NO/c1-10-5-4-6-11(7-10)15-12-8-13(2,3)14-9-12/h4-7,12,14H,8-9H2,1-3H3. The quantitative estimate of drug-likeness (QED) is 0.801. The van der Waals surface area contributed by atoms with Gasteiger partial charge in [-0.05, 0) is 38.5 Å². The summed E-state index contributed by atoms with van der Waals surface area (Å²) in [6, 6.07) is 8.24. The number of benzene rings is 1. The number of hydrogen-bond acceptors (Lipinski definition) is 2. The fraction of sp³-hybridized carbons (Fsp3) is 0.538. The van der Waals surface area contributed by atoms with Crippen LogP contribution in [-0.2, 0) is 0 Å². The molecule has 0 radical (unpaired) electrons. The van der Waals surface area contributed by atoms with Crippen LogP contribution in [0.5, 0.6) is 5.75 Å². The van der Waals surface area contributed by atoms with E-state index in [1.54, 1.807) is 0 Å². The molecule has 2 rings (SSSR count). The predicted octanol–water partition coefficient (Wildman–Crippen LogP) is 2.51. The maximum Gasteiger partial charge on any atom is 0.120 e. The van der Waals surface area contributed by atoms with Crippen molar-refractivity contribution in [1.82, 2.24) is 5.32 Å². The second kappa shape index (κ2) is 3.86. The fourth-order valence-electron chi connectivity index (χ4n) is 2.07. The average Bonchev–Trinajstić information content (AvgIpc) is 2.45. The second-order valence-electron chi connectivity index (χ2n) is 5.03. The van der Waals surface area contributed by atoms with Crippen molar-refractivity contribution in [2.45, 2.75) is 38.8 Å². The Labute approximate surface area is 91.6 Å². The van der Waals surface area contributed by atoms with E-state index in [9.17, 15) is 0 Å². The molecule has 2 heteroatoms. The number of nitrogens with one attached hydrogen (secondary N) is 1. The molecule has 1 aromatic carbocycles. The molecule has 1 saturated heterocycles. The van der Waals surface area contributed by atoms with E-state index < -0.39 is 0 Å². The van der Waals surface area contributed by atoms with Crippen molar-refractivity contribution in [2.75, 3.05) is 6.54 Å². The lowest BCUT2D eigenvalue weighted by Crippen LogP contribution is -2.31. The first kappa shape index (κ1) is 10.5. The van der Waals surface area contributed by atoms with Crippen molar-refractivity contribution in [3.05, 3.63) is 29.8 Å². The first-order valence-electron chi connectivity index (χ1n) is 5.53. The second-order valence-corrected chi connectivity index (χ2v) is 5.03. The molecule has 0 saturated carbocycles. The maximum absolute atomic E-state index is 5.93. The Morgan fingerprint density at radius 2 is 2.20 bits per heavy atom. The molecule has 1 fully saturated rings. The lowest BCUT2D eigenvalue weighted by atomic mass is 10.0. The van der Waals surface area contributed by atoms with E-state index in [1.165, 1.54) is 5.56 Å². The van der Waals surface area contributed by atoms with Crippen molar-refractivity contribution < 1.29 is 4.74 Å². The average molecular weight is 205 g/mol. The first-order chi connectivity index (χ1) is 7.05. The third-order valence-electron chi connectivity index (χ3n) is 2.84. The van der Waals surface area contributed by atoms with Crippen molar-refractivity contribution in [1.29, 1.82) is 0 Å². The highest BCUT2D eigenvalue weighted by Crippen LogP contribution is 2.23. The topological polar surface area (TPSA) is 21.3 Å². The molecule has 1 atom stereocenters.